The van der Waals surface area contributed by atoms with E-state index in [0.29, 0.717) is 31.4 Å². The second kappa shape index (κ2) is 19.6. The van der Waals surface area contributed by atoms with Crippen LogP contribution in [0.1, 0.15) is 82.2 Å². The third kappa shape index (κ3) is 11.4. The maximum Gasteiger partial charge on any atom is 0.233 e. The van der Waals surface area contributed by atoms with Crippen molar-refractivity contribution < 1.29 is 48.3 Å². The largest absolute Gasteiger partial charge is 0.410 e. The van der Waals surface area contributed by atoms with Gasteiger partial charge in [-0.2, -0.15) is 0 Å². The molecular formula is C43H58F2N2O8Si. The third-order valence-electron chi connectivity index (χ3n) is 11.2. The molecule has 4 rings (SSSR count). The molecule has 0 aliphatic carbocycles. The molecule has 1 fully saturated rings. The average Bonchev–Trinajstić information content (AvgIpc) is 3.16. The fourth-order valence-corrected chi connectivity index (χ4v) is 7.82. The van der Waals surface area contributed by atoms with E-state index in [0.717, 1.165) is 16.7 Å². The molecule has 3 aromatic rings. The molecule has 3 aromatic carbocycles. The first-order valence-corrected chi connectivity index (χ1v) is 22.1. The normalized spacial score (nSPS) is 19.6. The highest BCUT2D eigenvalue weighted by molar-refractivity contribution is 6.74. The van der Waals surface area contributed by atoms with Crippen molar-refractivity contribution in [2.24, 2.45) is 11.8 Å². The zero-order chi connectivity index (χ0) is 41.4. The van der Waals surface area contributed by atoms with Crippen LogP contribution in [-0.2, 0) is 14.0 Å². The van der Waals surface area contributed by atoms with Gasteiger partial charge in [-0.15, -0.1) is 0 Å². The highest BCUT2D eigenvalue weighted by Crippen LogP contribution is 2.48. The van der Waals surface area contributed by atoms with E-state index < -0.39 is 51.1 Å². The highest BCUT2D eigenvalue weighted by atomic mass is 28.4. The minimum atomic E-state index is -2.24. The molecule has 1 aliphatic heterocycles. The quantitative estimate of drug-likeness (QED) is 0.0619. The molecule has 0 saturated carbocycles. The van der Waals surface area contributed by atoms with Gasteiger partial charge in [-0.1, -0.05) is 76.2 Å². The van der Waals surface area contributed by atoms with Crippen LogP contribution < -0.4 is 10.2 Å². The number of benzene rings is 3. The van der Waals surface area contributed by atoms with Crippen molar-refractivity contribution in [1.82, 2.24) is 5.32 Å². The number of halogens is 2. The number of amides is 2. The summed E-state index contributed by atoms with van der Waals surface area (Å²) in [6.07, 6.45) is -0.965. The van der Waals surface area contributed by atoms with Gasteiger partial charge < -0.3 is 40.2 Å². The van der Waals surface area contributed by atoms with Gasteiger partial charge in [0.15, 0.2) is 8.32 Å². The van der Waals surface area contributed by atoms with Crippen molar-refractivity contribution in [3.05, 3.63) is 107 Å². The maximum absolute atomic E-state index is 13.9. The fraction of sp³-hybridized carbons (Fsp3) is 0.488. The number of nitrogens with one attached hydrogen (secondary N) is 1. The second-order valence-corrected chi connectivity index (χ2v) is 21.1. The Kier molecular flexibility index (Phi) is 15.7. The molecule has 1 saturated heterocycles. The molecule has 10 nitrogen and oxygen atoms in total. The van der Waals surface area contributed by atoms with Crippen molar-refractivity contribution in [1.29, 1.82) is 0 Å². The smallest absolute Gasteiger partial charge is 0.233 e. The standard InChI is InChI=1S/C43H58F2N2O8Si/c1-27(41(53)46-25-35(49)39(51)40(52)36(50)26-48)9-7-8-10-28-11-13-30(14-12-28)38-34(42(54)47(38)33-21-19-32(45)20-22-33)23-24-37(29-15-17-31(44)18-16-29)55-56(5,6)43(2,3)4/h8,10-22,27,34-40,48-52H,7,9,23-26H2,1-6H3,(H,46,53)/b10-8+. The van der Waals surface area contributed by atoms with Gasteiger partial charge in [0.2, 0.25) is 11.8 Å². The lowest BCUT2D eigenvalue weighted by Gasteiger charge is -2.48. The molecule has 56 heavy (non-hydrogen) atoms. The van der Waals surface area contributed by atoms with Gasteiger partial charge in [0.25, 0.3) is 0 Å². The number of anilines is 1. The van der Waals surface area contributed by atoms with Gasteiger partial charge in [0.05, 0.1) is 30.8 Å². The van der Waals surface area contributed by atoms with Crippen LogP contribution in [0.3, 0.4) is 0 Å². The van der Waals surface area contributed by atoms with Gasteiger partial charge in [-0.3, -0.25) is 9.59 Å². The molecule has 0 bridgehead atoms. The number of rotatable bonds is 19. The van der Waals surface area contributed by atoms with E-state index in [9.17, 15) is 38.8 Å². The lowest BCUT2D eigenvalue weighted by atomic mass is 9.78. The first-order chi connectivity index (χ1) is 26.3. The lowest BCUT2D eigenvalue weighted by Crippen LogP contribution is -2.55. The number of nitrogens with zero attached hydrogens (tertiary/aromatic N) is 1. The van der Waals surface area contributed by atoms with Gasteiger partial charge in [-0.25, -0.2) is 8.78 Å². The van der Waals surface area contributed by atoms with Gasteiger partial charge >= 0.3 is 0 Å². The Hall–Kier alpha value is -3.82. The Labute approximate surface area is 330 Å². The third-order valence-corrected chi connectivity index (χ3v) is 15.6. The summed E-state index contributed by atoms with van der Waals surface area (Å²) in [4.78, 5) is 28.1. The van der Waals surface area contributed by atoms with E-state index in [4.69, 9.17) is 9.53 Å². The Bertz CT molecular complexity index is 1750. The van der Waals surface area contributed by atoms with Gasteiger partial charge in [0, 0.05) is 18.2 Å². The van der Waals surface area contributed by atoms with Crippen LogP contribution >= 0.6 is 0 Å². The molecule has 13 heteroatoms. The molecule has 6 N–H and O–H groups in total. The summed E-state index contributed by atoms with van der Waals surface area (Å²) in [6, 6.07) is 19.9. The molecular weight excluding hydrogens is 739 g/mol. The zero-order valence-corrected chi connectivity index (χ0v) is 34.1. The van der Waals surface area contributed by atoms with E-state index in [2.05, 4.69) is 39.2 Å². The SMILES string of the molecule is CC(CC/C=C/c1ccc(C2C(CCC(O[Si](C)(C)C(C)(C)C)c3ccc(F)cc3)C(=O)N2c2ccc(F)cc2)cc1)C(=O)NCC(O)C(O)C(O)C(O)CO. The first-order valence-electron chi connectivity index (χ1n) is 19.2. The number of β-lactam (4-membered cyclic amide) rings is 1. The number of aliphatic hydroxyl groups is 5. The molecule has 306 valence electrons. The monoisotopic (exact) mass is 796 g/mol. The van der Waals surface area contributed by atoms with Gasteiger partial charge in [-0.05, 0) is 96.9 Å². The van der Waals surface area contributed by atoms with Crippen LogP contribution in [-0.4, -0.2) is 83.2 Å². The molecule has 1 heterocycles. The molecule has 0 aromatic heterocycles. The van der Waals surface area contributed by atoms with Crippen LogP contribution in [0.5, 0.6) is 0 Å². The summed E-state index contributed by atoms with van der Waals surface area (Å²) in [7, 11) is -2.24. The van der Waals surface area contributed by atoms with Crippen LogP contribution in [0.15, 0.2) is 78.9 Å². The topological polar surface area (TPSA) is 160 Å². The average molecular weight is 797 g/mol. The number of carbonyl (C=O) groups excluding carboxylic acids is 2. The molecule has 0 radical (unpaired) electrons. The van der Waals surface area contributed by atoms with Crippen molar-refractivity contribution in [3.8, 4) is 0 Å². The number of aliphatic hydroxyl groups excluding tert-OH is 5. The summed E-state index contributed by atoms with van der Waals surface area (Å²) in [5, 5.41) is 50.7. The molecule has 2 amide bonds. The van der Waals surface area contributed by atoms with E-state index in [-0.39, 0.29) is 47.3 Å². The molecule has 1 aliphatic rings. The van der Waals surface area contributed by atoms with E-state index in [1.807, 2.05) is 36.4 Å². The van der Waals surface area contributed by atoms with Crippen LogP contribution in [0.2, 0.25) is 18.1 Å². The summed E-state index contributed by atoms with van der Waals surface area (Å²) < 4.78 is 34.7. The lowest BCUT2D eigenvalue weighted by molar-refractivity contribution is -0.131. The second-order valence-electron chi connectivity index (χ2n) is 16.3. The first kappa shape index (κ1) is 44.9. The van der Waals surface area contributed by atoms with Crippen molar-refractivity contribution in [3.63, 3.8) is 0 Å². The molecule has 8 atom stereocenters. The molecule has 8 unspecified atom stereocenters. The Morgan fingerprint density at radius 2 is 1.46 bits per heavy atom. The van der Waals surface area contributed by atoms with E-state index >= 15 is 0 Å². The van der Waals surface area contributed by atoms with Crippen molar-refractivity contribution in [2.45, 2.75) is 108 Å². The number of hydrogen-bond acceptors (Lipinski definition) is 8. The van der Waals surface area contributed by atoms with Gasteiger partial charge in [0.1, 0.15) is 29.9 Å². The maximum atomic E-state index is 13.9. The number of allylic oxidation sites excluding steroid dienone is 1. The van der Waals surface area contributed by atoms with E-state index in [1.54, 1.807) is 36.1 Å². The van der Waals surface area contributed by atoms with Crippen molar-refractivity contribution in [2.75, 3.05) is 18.1 Å². The van der Waals surface area contributed by atoms with E-state index in [1.165, 1.54) is 24.3 Å². The summed E-state index contributed by atoms with van der Waals surface area (Å²) in [5.41, 5.74) is 3.32. The predicted molar refractivity (Wildman–Crippen MR) is 215 cm³/mol. The number of carbonyl (C=O) groups is 2. The number of hydrogen-bond donors (Lipinski definition) is 6. The Balaban J connectivity index is 1.42. The van der Waals surface area contributed by atoms with Crippen LogP contribution in [0.4, 0.5) is 14.5 Å². The predicted octanol–water partition coefficient (Wildman–Crippen LogP) is 6.19. The Morgan fingerprint density at radius 1 is 0.893 bits per heavy atom. The fourth-order valence-electron chi connectivity index (χ4n) is 6.50. The zero-order valence-electron chi connectivity index (χ0n) is 33.1. The summed E-state index contributed by atoms with van der Waals surface area (Å²) in [6.45, 7) is 11.5. The van der Waals surface area contributed by atoms with Crippen LogP contribution in [0, 0.1) is 23.5 Å². The van der Waals surface area contributed by atoms with Crippen molar-refractivity contribution >= 4 is 31.9 Å². The summed E-state index contributed by atoms with van der Waals surface area (Å²) in [5.74, 6) is -1.90. The minimum absolute atomic E-state index is 0.0573. The Morgan fingerprint density at radius 3 is 2.04 bits per heavy atom. The summed E-state index contributed by atoms with van der Waals surface area (Å²) >= 11 is 0. The highest BCUT2D eigenvalue weighted by Gasteiger charge is 2.49. The minimum Gasteiger partial charge on any atom is -0.410 e. The van der Waals surface area contributed by atoms with Crippen LogP contribution in [0.25, 0.3) is 6.08 Å². The molecule has 0 spiro atoms.